The van der Waals surface area contributed by atoms with Crippen molar-refractivity contribution in [2.24, 2.45) is 5.92 Å². The molecule has 1 saturated heterocycles. The van der Waals surface area contributed by atoms with Crippen molar-refractivity contribution < 1.29 is 0 Å². The molecule has 0 radical (unpaired) electrons. The van der Waals surface area contributed by atoms with Crippen LogP contribution in [0.4, 0.5) is 0 Å². The Bertz CT molecular complexity index is 407. The Morgan fingerprint density at radius 2 is 1.86 bits per heavy atom. The van der Waals surface area contributed by atoms with Crippen LogP contribution in [0.25, 0.3) is 0 Å². The lowest BCUT2D eigenvalue weighted by molar-refractivity contribution is 0.170. The van der Waals surface area contributed by atoms with Crippen molar-refractivity contribution in [3.05, 3.63) is 35.4 Å². The SMILES string of the molecule is CNC(CN(C)CC1CCN(C)CC1)c1ccc(C)cc1. The first-order valence-corrected chi connectivity index (χ1v) is 8.19. The van der Waals surface area contributed by atoms with Crippen molar-refractivity contribution in [3.63, 3.8) is 0 Å². The molecule has 0 spiro atoms. The number of nitrogens with zero attached hydrogens (tertiary/aromatic N) is 2. The van der Waals surface area contributed by atoms with E-state index in [2.05, 4.69) is 67.4 Å². The van der Waals surface area contributed by atoms with Gasteiger partial charge in [0.05, 0.1) is 0 Å². The Balaban J connectivity index is 1.84. The molecule has 0 saturated carbocycles. The molecule has 1 aliphatic heterocycles. The second-order valence-corrected chi connectivity index (χ2v) is 6.72. The van der Waals surface area contributed by atoms with Crippen LogP contribution in [0.3, 0.4) is 0 Å². The lowest BCUT2D eigenvalue weighted by Gasteiger charge is -2.33. The Hall–Kier alpha value is -0.900. The molecule has 1 unspecified atom stereocenters. The van der Waals surface area contributed by atoms with E-state index in [0.717, 1.165) is 12.5 Å². The van der Waals surface area contributed by atoms with E-state index in [1.807, 2.05) is 0 Å². The molecular weight excluding hydrogens is 258 g/mol. The third kappa shape index (κ3) is 5.10. The first-order chi connectivity index (χ1) is 10.1. The highest BCUT2D eigenvalue weighted by atomic mass is 15.1. The van der Waals surface area contributed by atoms with Gasteiger partial charge in [0.15, 0.2) is 0 Å². The second kappa shape index (κ2) is 7.92. The molecule has 3 heteroatoms. The number of rotatable bonds is 6. The normalized spacial score (nSPS) is 19.1. The topological polar surface area (TPSA) is 18.5 Å². The second-order valence-electron chi connectivity index (χ2n) is 6.72. The number of hydrogen-bond acceptors (Lipinski definition) is 3. The van der Waals surface area contributed by atoms with Crippen molar-refractivity contribution in [3.8, 4) is 0 Å². The molecule has 0 aliphatic carbocycles. The summed E-state index contributed by atoms with van der Waals surface area (Å²) in [6, 6.07) is 9.33. The Morgan fingerprint density at radius 1 is 1.24 bits per heavy atom. The molecule has 1 N–H and O–H groups in total. The van der Waals surface area contributed by atoms with Crippen LogP contribution < -0.4 is 5.32 Å². The summed E-state index contributed by atoms with van der Waals surface area (Å²) in [5, 5.41) is 3.46. The molecule has 21 heavy (non-hydrogen) atoms. The van der Waals surface area contributed by atoms with Gasteiger partial charge < -0.3 is 15.1 Å². The zero-order valence-electron chi connectivity index (χ0n) is 14.1. The monoisotopic (exact) mass is 289 g/mol. The summed E-state index contributed by atoms with van der Waals surface area (Å²) in [5.41, 5.74) is 2.71. The van der Waals surface area contributed by atoms with Crippen molar-refractivity contribution in [2.75, 3.05) is 47.3 Å². The molecule has 1 aromatic rings. The predicted octanol–water partition coefficient (Wildman–Crippen LogP) is 2.53. The van der Waals surface area contributed by atoms with E-state index in [4.69, 9.17) is 0 Å². The first kappa shape index (κ1) is 16.5. The van der Waals surface area contributed by atoms with Crippen LogP contribution in [0.2, 0.25) is 0 Å². The van der Waals surface area contributed by atoms with Gasteiger partial charge >= 0.3 is 0 Å². The molecule has 2 rings (SSSR count). The van der Waals surface area contributed by atoms with Crippen LogP contribution in [0.5, 0.6) is 0 Å². The van der Waals surface area contributed by atoms with Gasteiger partial charge in [-0.05, 0) is 65.5 Å². The Labute approximate surface area is 130 Å². The molecule has 1 atom stereocenters. The average Bonchev–Trinajstić information content (AvgIpc) is 2.48. The minimum atomic E-state index is 0.418. The zero-order valence-corrected chi connectivity index (χ0v) is 14.1. The minimum absolute atomic E-state index is 0.418. The zero-order chi connectivity index (χ0) is 15.2. The fourth-order valence-corrected chi connectivity index (χ4v) is 3.23. The van der Waals surface area contributed by atoms with Gasteiger partial charge in [0.1, 0.15) is 0 Å². The highest BCUT2D eigenvalue weighted by Crippen LogP contribution is 2.19. The number of aryl methyl sites for hydroxylation is 1. The largest absolute Gasteiger partial charge is 0.312 e. The maximum atomic E-state index is 3.46. The summed E-state index contributed by atoms with van der Waals surface area (Å²) >= 11 is 0. The lowest BCUT2D eigenvalue weighted by atomic mass is 9.96. The minimum Gasteiger partial charge on any atom is -0.312 e. The molecular formula is C18H31N3. The van der Waals surface area contributed by atoms with Crippen LogP contribution in [-0.4, -0.2) is 57.1 Å². The van der Waals surface area contributed by atoms with Crippen LogP contribution in [0.1, 0.15) is 30.0 Å². The Kier molecular flexibility index (Phi) is 6.22. The number of likely N-dealkylation sites (tertiary alicyclic amines) is 1. The number of hydrogen-bond donors (Lipinski definition) is 1. The number of nitrogens with one attached hydrogen (secondary N) is 1. The highest BCUT2D eigenvalue weighted by molar-refractivity contribution is 5.24. The van der Waals surface area contributed by atoms with Gasteiger partial charge in [-0.15, -0.1) is 0 Å². The van der Waals surface area contributed by atoms with Crippen molar-refractivity contribution in [1.82, 2.24) is 15.1 Å². The van der Waals surface area contributed by atoms with Gasteiger partial charge in [-0.3, -0.25) is 0 Å². The smallest absolute Gasteiger partial charge is 0.0446 e. The van der Waals surface area contributed by atoms with Crippen molar-refractivity contribution >= 4 is 0 Å². The predicted molar refractivity (Wildman–Crippen MR) is 90.7 cm³/mol. The highest BCUT2D eigenvalue weighted by Gasteiger charge is 2.19. The molecule has 0 amide bonds. The van der Waals surface area contributed by atoms with Crippen LogP contribution in [-0.2, 0) is 0 Å². The first-order valence-electron chi connectivity index (χ1n) is 8.19. The van der Waals surface area contributed by atoms with E-state index >= 15 is 0 Å². The molecule has 118 valence electrons. The van der Waals surface area contributed by atoms with Crippen molar-refractivity contribution in [2.45, 2.75) is 25.8 Å². The fraction of sp³-hybridized carbons (Fsp3) is 0.667. The van der Waals surface area contributed by atoms with Crippen LogP contribution in [0.15, 0.2) is 24.3 Å². The summed E-state index contributed by atoms with van der Waals surface area (Å²) in [6.45, 7) is 6.95. The van der Waals surface area contributed by atoms with Gasteiger partial charge in [-0.25, -0.2) is 0 Å². The summed E-state index contributed by atoms with van der Waals surface area (Å²) < 4.78 is 0. The van der Waals surface area contributed by atoms with Gasteiger partial charge in [0, 0.05) is 19.1 Å². The van der Waals surface area contributed by atoms with Crippen LogP contribution >= 0.6 is 0 Å². The van der Waals surface area contributed by atoms with E-state index in [1.54, 1.807) is 0 Å². The molecule has 3 nitrogen and oxygen atoms in total. The molecule has 1 fully saturated rings. The molecule has 1 aliphatic rings. The van der Waals surface area contributed by atoms with E-state index in [-0.39, 0.29) is 0 Å². The molecule has 1 heterocycles. The number of likely N-dealkylation sites (N-methyl/N-ethyl adjacent to an activating group) is 2. The van der Waals surface area contributed by atoms with E-state index < -0.39 is 0 Å². The third-order valence-electron chi connectivity index (χ3n) is 4.73. The summed E-state index contributed by atoms with van der Waals surface area (Å²) in [7, 11) is 6.55. The van der Waals surface area contributed by atoms with Crippen molar-refractivity contribution in [1.29, 1.82) is 0 Å². The van der Waals surface area contributed by atoms with Gasteiger partial charge in [0.25, 0.3) is 0 Å². The van der Waals surface area contributed by atoms with E-state index in [1.165, 1.54) is 43.6 Å². The summed E-state index contributed by atoms with van der Waals surface area (Å²) in [5.74, 6) is 0.863. The third-order valence-corrected chi connectivity index (χ3v) is 4.73. The quantitative estimate of drug-likeness (QED) is 0.868. The maximum absolute atomic E-state index is 3.46. The lowest BCUT2D eigenvalue weighted by Crippen LogP contribution is -2.38. The van der Waals surface area contributed by atoms with Gasteiger partial charge in [-0.1, -0.05) is 29.8 Å². The number of benzene rings is 1. The maximum Gasteiger partial charge on any atom is 0.0446 e. The average molecular weight is 289 g/mol. The summed E-state index contributed by atoms with van der Waals surface area (Å²) in [4.78, 5) is 4.94. The standard InChI is InChI=1S/C18H31N3/c1-15-5-7-17(8-6-15)18(19-2)14-21(4)13-16-9-11-20(3)12-10-16/h5-8,16,18-19H,9-14H2,1-4H3. The van der Waals surface area contributed by atoms with Gasteiger partial charge in [0.2, 0.25) is 0 Å². The number of piperidine rings is 1. The Morgan fingerprint density at radius 3 is 2.43 bits per heavy atom. The fourth-order valence-electron chi connectivity index (χ4n) is 3.23. The molecule has 0 bridgehead atoms. The van der Waals surface area contributed by atoms with Crippen LogP contribution in [0, 0.1) is 12.8 Å². The molecule has 1 aromatic carbocycles. The summed E-state index contributed by atoms with van der Waals surface area (Å²) in [6.07, 6.45) is 2.69. The van der Waals surface area contributed by atoms with Gasteiger partial charge in [-0.2, -0.15) is 0 Å². The molecule has 0 aromatic heterocycles. The van der Waals surface area contributed by atoms with E-state index in [9.17, 15) is 0 Å². The van der Waals surface area contributed by atoms with E-state index in [0.29, 0.717) is 6.04 Å².